The maximum atomic E-state index is 10.7. The van der Waals surface area contributed by atoms with Gasteiger partial charge in [0.2, 0.25) is 0 Å². The molecule has 118 valence electrons. The molecule has 0 radical (unpaired) electrons. The van der Waals surface area contributed by atoms with Crippen LogP contribution in [0.1, 0.15) is 5.56 Å². The molecule has 0 spiro atoms. The summed E-state index contributed by atoms with van der Waals surface area (Å²) in [6, 6.07) is 11.0. The second-order valence-corrected chi connectivity index (χ2v) is 4.76. The van der Waals surface area contributed by atoms with Crippen molar-refractivity contribution < 1.29 is 15.1 Å². The normalized spacial score (nSPS) is 10.4. The van der Waals surface area contributed by atoms with E-state index in [9.17, 15) is 20.3 Å². The number of anilines is 1. The molecule has 2 rings (SSSR count). The third-order valence-electron chi connectivity index (χ3n) is 2.72. The molecule has 0 aliphatic heterocycles. The monoisotopic (exact) mass is 332 g/mol. The molecular formula is C14H12N4O4S. The van der Waals surface area contributed by atoms with Gasteiger partial charge in [-0.15, -0.1) is 0 Å². The van der Waals surface area contributed by atoms with E-state index in [1.807, 2.05) is 30.3 Å². The fourth-order valence-corrected chi connectivity index (χ4v) is 1.84. The first kappa shape index (κ1) is 16.2. The van der Waals surface area contributed by atoms with Crippen molar-refractivity contribution in [2.75, 3.05) is 5.32 Å². The van der Waals surface area contributed by atoms with E-state index in [1.54, 1.807) is 0 Å². The van der Waals surface area contributed by atoms with E-state index in [-0.39, 0.29) is 16.4 Å². The lowest BCUT2D eigenvalue weighted by Crippen LogP contribution is -2.23. The molecular weight excluding hydrogens is 320 g/mol. The summed E-state index contributed by atoms with van der Waals surface area (Å²) in [5, 5.41) is 36.6. The number of phenolic OH excluding ortho intramolecular Hbond substituents is 2. The van der Waals surface area contributed by atoms with E-state index in [4.69, 9.17) is 12.2 Å². The van der Waals surface area contributed by atoms with Gasteiger partial charge in [0.15, 0.2) is 10.9 Å². The van der Waals surface area contributed by atoms with Crippen LogP contribution in [0.25, 0.3) is 0 Å². The standard InChI is InChI=1S/C14H12N4O4S/c19-12-7-13(20)11(18(21)22)6-9(12)8-15-17-14(23)16-10-4-2-1-3-5-10/h1-8,19-20H,(H2,16,17,23). The summed E-state index contributed by atoms with van der Waals surface area (Å²) in [6.07, 6.45) is 1.15. The third-order valence-corrected chi connectivity index (χ3v) is 2.92. The Hall–Kier alpha value is -3.20. The van der Waals surface area contributed by atoms with Crippen molar-refractivity contribution in [2.24, 2.45) is 5.10 Å². The SMILES string of the molecule is O=[N+]([O-])c1cc(C=NNC(=S)Nc2ccccc2)c(O)cc1O. The van der Waals surface area contributed by atoms with Crippen LogP contribution in [0.4, 0.5) is 11.4 Å². The molecule has 0 heterocycles. The van der Waals surface area contributed by atoms with Gasteiger partial charge in [-0.2, -0.15) is 5.10 Å². The van der Waals surface area contributed by atoms with Crippen LogP contribution < -0.4 is 10.7 Å². The van der Waals surface area contributed by atoms with E-state index in [0.29, 0.717) is 0 Å². The lowest BCUT2D eigenvalue weighted by Gasteiger charge is -2.06. The fraction of sp³-hybridized carbons (Fsp3) is 0. The Balaban J connectivity index is 2.04. The molecule has 0 fully saturated rings. The molecule has 23 heavy (non-hydrogen) atoms. The van der Waals surface area contributed by atoms with Gasteiger partial charge < -0.3 is 15.5 Å². The number of thiocarbonyl (C=S) groups is 1. The molecule has 9 heteroatoms. The first-order valence-electron chi connectivity index (χ1n) is 6.33. The Bertz CT molecular complexity index is 765. The zero-order valence-corrected chi connectivity index (χ0v) is 12.4. The number of hydrogen-bond donors (Lipinski definition) is 4. The number of nitro benzene ring substituents is 1. The molecule has 0 saturated heterocycles. The summed E-state index contributed by atoms with van der Waals surface area (Å²) < 4.78 is 0. The van der Waals surface area contributed by atoms with E-state index in [0.717, 1.165) is 24.0 Å². The van der Waals surface area contributed by atoms with Gasteiger partial charge in [-0.05, 0) is 24.4 Å². The van der Waals surface area contributed by atoms with Crippen LogP contribution in [-0.4, -0.2) is 26.5 Å². The highest BCUT2D eigenvalue weighted by molar-refractivity contribution is 7.80. The molecule has 2 aromatic carbocycles. The van der Waals surface area contributed by atoms with Crippen molar-refractivity contribution in [1.82, 2.24) is 5.43 Å². The van der Waals surface area contributed by atoms with Crippen molar-refractivity contribution in [3.8, 4) is 11.5 Å². The van der Waals surface area contributed by atoms with Gasteiger partial charge in [-0.25, -0.2) is 0 Å². The zero-order valence-electron chi connectivity index (χ0n) is 11.6. The van der Waals surface area contributed by atoms with Crippen LogP contribution in [0.3, 0.4) is 0 Å². The smallest absolute Gasteiger partial charge is 0.311 e. The lowest BCUT2D eigenvalue weighted by molar-refractivity contribution is -0.385. The highest BCUT2D eigenvalue weighted by Gasteiger charge is 2.16. The van der Waals surface area contributed by atoms with Crippen LogP contribution in [0.2, 0.25) is 0 Å². The molecule has 8 nitrogen and oxygen atoms in total. The van der Waals surface area contributed by atoms with Crippen molar-refractivity contribution in [3.63, 3.8) is 0 Å². The number of benzene rings is 2. The molecule has 0 atom stereocenters. The van der Waals surface area contributed by atoms with Crippen molar-refractivity contribution in [3.05, 3.63) is 58.1 Å². The van der Waals surface area contributed by atoms with Gasteiger partial charge in [0.25, 0.3) is 0 Å². The molecule has 0 amide bonds. The van der Waals surface area contributed by atoms with Gasteiger partial charge in [0.05, 0.1) is 11.1 Å². The molecule has 0 bridgehead atoms. The summed E-state index contributed by atoms with van der Waals surface area (Å²) in [7, 11) is 0. The van der Waals surface area contributed by atoms with Crippen LogP contribution >= 0.6 is 12.2 Å². The number of rotatable bonds is 4. The highest BCUT2D eigenvalue weighted by atomic mass is 32.1. The topological polar surface area (TPSA) is 120 Å². The van der Waals surface area contributed by atoms with Crippen molar-refractivity contribution in [1.29, 1.82) is 0 Å². The Kier molecular flexibility index (Phi) is 5.05. The molecule has 0 unspecified atom stereocenters. The first-order chi connectivity index (χ1) is 11.0. The zero-order chi connectivity index (χ0) is 16.8. The van der Waals surface area contributed by atoms with Gasteiger partial charge in [-0.3, -0.25) is 15.5 Å². The van der Waals surface area contributed by atoms with E-state index in [1.165, 1.54) is 0 Å². The molecule has 0 aliphatic carbocycles. The Morgan fingerprint density at radius 2 is 1.91 bits per heavy atom. The van der Waals surface area contributed by atoms with E-state index < -0.39 is 16.4 Å². The average molecular weight is 332 g/mol. The number of hydrogen-bond acceptors (Lipinski definition) is 6. The molecule has 0 saturated carbocycles. The largest absolute Gasteiger partial charge is 0.507 e. The minimum absolute atomic E-state index is 0.0597. The van der Waals surface area contributed by atoms with Crippen LogP contribution in [0.15, 0.2) is 47.6 Å². The fourth-order valence-electron chi connectivity index (χ4n) is 1.67. The molecule has 0 aliphatic rings. The number of nitrogens with zero attached hydrogens (tertiary/aromatic N) is 2. The Labute approximate surface area is 136 Å². The quantitative estimate of drug-likeness (QED) is 0.293. The lowest BCUT2D eigenvalue weighted by atomic mass is 10.2. The summed E-state index contributed by atoms with van der Waals surface area (Å²) >= 11 is 5.03. The van der Waals surface area contributed by atoms with Gasteiger partial charge >= 0.3 is 5.69 Å². The maximum absolute atomic E-state index is 10.7. The summed E-state index contributed by atoms with van der Waals surface area (Å²) in [5.74, 6) is -0.973. The predicted octanol–water partition coefficient (Wildman–Crippen LogP) is 2.33. The van der Waals surface area contributed by atoms with Gasteiger partial charge in [0.1, 0.15) is 5.75 Å². The maximum Gasteiger partial charge on any atom is 0.311 e. The van der Waals surface area contributed by atoms with E-state index >= 15 is 0 Å². The van der Waals surface area contributed by atoms with E-state index in [2.05, 4.69) is 15.8 Å². The second-order valence-electron chi connectivity index (χ2n) is 4.35. The molecule has 2 aromatic rings. The molecule has 4 N–H and O–H groups in total. The van der Waals surface area contributed by atoms with Crippen LogP contribution in [0, 0.1) is 10.1 Å². The number of nitro groups is 1. The predicted molar refractivity (Wildman–Crippen MR) is 89.8 cm³/mol. The minimum Gasteiger partial charge on any atom is -0.507 e. The number of phenols is 2. The Morgan fingerprint density at radius 3 is 2.57 bits per heavy atom. The van der Waals surface area contributed by atoms with Crippen molar-refractivity contribution >= 4 is 34.9 Å². The number of nitrogens with one attached hydrogen (secondary N) is 2. The number of hydrazone groups is 1. The summed E-state index contributed by atoms with van der Waals surface area (Å²) in [5.41, 5.74) is 2.81. The highest BCUT2D eigenvalue weighted by Crippen LogP contribution is 2.31. The third kappa shape index (κ3) is 4.38. The number of para-hydroxylation sites is 1. The van der Waals surface area contributed by atoms with Crippen molar-refractivity contribution in [2.45, 2.75) is 0 Å². The van der Waals surface area contributed by atoms with Crippen LogP contribution in [0.5, 0.6) is 11.5 Å². The average Bonchev–Trinajstić information content (AvgIpc) is 2.50. The van der Waals surface area contributed by atoms with Crippen LogP contribution in [-0.2, 0) is 0 Å². The second kappa shape index (κ2) is 7.18. The van der Waals surface area contributed by atoms with Gasteiger partial charge in [-0.1, -0.05) is 18.2 Å². The summed E-state index contributed by atoms with van der Waals surface area (Å²) in [6.45, 7) is 0. The summed E-state index contributed by atoms with van der Waals surface area (Å²) in [4.78, 5) is 9.98. The Morgan fingerprint density at radius 1 is 1.22 bits per heavy atom. The first-order valence-corrected chi connectivity index (χ1v) is 6.73. The van der Waals surface area contributed by atoms with Gasteiger partial charge in [0, 0.05) is 23.4 Å². The molecule has 0 aromatic heterocycles. The number of aromatic hydroxyl groups is 2. The minimum atomic E-state index is -0.763.